The minimum atomic E-state index is -1.42. The summed E-state index contributed by atoms with van der Waals surface area (Å²) in [5.74, 6) is -0.0384. The van der Waals surface area contributed by atoms with Crippen LogP contribution in [0.15, 0.2) is 59.5 Å². The number of aryl methyl sites for hydroxylation is 1. The van der Waals surface area contributed by atoms with Gasteiger partial charge >= 0.3 is 0 Å². The number of ketones is 1. The molecule has 0 aromatic heterocycles. The molecular formula is C18H17ClO2S. The van der Waals surface area contributed by atoms with Gasteiger partial charge in [0, 0.05) is 10.5 Å². The van der Waals surface area contributed by atoms with Gasteiger partial charge in [-0.05, 0) is 32.4 Å². The summed E-state index contributed by atoms with van der Waals surface area (Å²) < 4.78 is 11.8. The van der Waals surface area contributed by atoms with Crippen molar-refractivity contribution in [1.82, 2.24) is 0 Å². The maximum absolute atomic E-state index is 12.8. The van der Waals surface area contributed by atoms with Gasteiger partial charge in [-0.2, -0.15) is 0 Å². The largest absolute Gasteiger partial charge is 0.293 e. The molecule has 0 aliphatic heterocycles. The number of carbonyl (C=O) groups excluding carboxylic acids is 1. The lowest BCUT2D eigenvalue weighted by atomic mass is 9.97. The molecule has 0 radical (unpaired) electrons. The Morgan fingerprint density at radius 2 is 1.68 bits per heavy atom. The van der Waals surface area contributed by atoms with E-state index in [1.165, 1.54) is 0 Å². The maximum Gasteiger partial charge on any atom is 0.171 e. The number of hydrogen-bond acceptors (Lipinski definition) is 2. The smallest absolute Gasteiger partial charge is 0.171 e. The highest BCUT2D eigenvalue weighted by Gasteiger charge is 2.72. The Kier molecular flexibility index (Phi) is 3.74. The Labute approximate surface area is 138 Å². The van der Waals surface area contributed by atoms with Gasteiger partial charge in [0.15, 0.2) is 5.78 Å². The second kappa shape index (κ2) is 5.32. The van der Waals surface area contributed by atoms with Crippen molar-refractivity contribution < 1.29 is 9.00 Å². The lowest BCUT2D eigenvalue weighted by Crippen LogP contribution is -2.25. The summed E-state index contributed by atoms with van der Waals surface area (Å²) in [6, 6.07) is 16.5. The van der Waals surface area contributed by atoms with Crippen molar-refractivity contribution in [3.8, 4) is 0 Å². The van der Waals surface area contributed by atoms with Crippen LogP contribution < -0.4 is 0 Å². The quantitative estimate of drug-likeness (QED) is 0.617. The van der Waals surface area contributed by atoms with E-state index >= 15 is 0 Å². The Bertz CT molecular complexity index is 741. The van der Waals surface area contributed by atoms with E-state index < -0.39 is 20.4 Å². The molecule has 3 atom stereocenters. The van der Waals surface area contributed by atoms with E-state index in [1.54, 1.807) is 19.1 Å². The van der Waals surface area contributed by atoms with Crippen LogP contribution in [-0.4, -0.2) is 14.2 Å². The zero-order chi connectivity index (χ0) is 16.0. The second-order valence-electron chi connectivity index (χ2n) is 6.01. The average Bonchev–Trinajstić information content (AvgIpc) is 3.12. The zero-order valence-electron chi connectivity index (χ0n) is 12.5. The molecule has 1 unspecified atom stereocenters. The van der Waals surface area contributed by atoms with E-state index in [-0.39, 0.29) is 5.78 Å². The fourth-order valence-corrected chi connectivity index (χ4v) is 4.99. The van der Waals surface area contributed by atoms with Gasteiger partial charge in [0.1, 0.15) is 4.21 Å². The Morgan fingerprint density at radius 1 is 1.09 bits per heavy atom. The first-order chi connectivity index (χ1) is 10.4. The second-order valence-corrected chi connectivity index (χ2v) is 8.59. The average molecular weight is 333 g/mol. The van der Waals surface area contributed by atoms with E-state index in [0.717, 1.165) is 5.56 Å². The molecule has 1 aliphatic carbocycles. The van der Waals surface area contributed by atoms with Crippen LogP contribution >= 0.6 is 11.6 Å². The molecule has 2 nitrogen and oxygen atoms in total. The Hall–Kier alpha value is -1.45. The number of halogens is 1. The van der Waals surface area contributed by atoms with Crippen molar-refractivity contribution in [1.29, 1.82) is 0 Å². The molecule has 0 N–H and O–H groups in total. The number of alkyl halides is 1. The summed E-state index contributed by atoms with van der Waals surface area (Å²) in [5, 5.41) is 0. The van der Waals surface area contributed by atoms with E-state index in [4.69, 9.17) is 11.6 Å². The van der Waals surface area contributed by atoms with Crippen molar-refractivity contribution >= 4 is 28.2 Å². The molecule has 1 fully saturated rings. The minimum absolute atomic E-state index is 0.0384. The van der Waals surface area contributed by atoms with Crippen molar-refractivity contribution in [2.75, 3.05) is 0 Å². The van der Waals surface area contributed by atoms with Gasteiger partial charge in [-0.25, -0.2) is 0 Å². The molecule has 22 heavy (non-hydrogen) atoms. The topological polar surface area (TPSA) is 34.1 Å². The first-order valence-corrected chi connectivity index (χ1v) is 8.68. The summed E-state index contributed by atoms with van der Waals surface area (Å²) in [6.07, 6.45) is 0.426. The molecule has 0 saturated heterocycles. The van der Waals surface area contributed by atoms with Gasteiger partial charge in [0.05, 0.1) is 16.2 Å². The van der Waals surface area contributed by atoms with Crippen molar-refractivity contribution in [3.63, 3.8) is 0 Å². The highest BCUT2D eigenvalue weighted by atomic mass is 35.5. The van der Waals surface area contributed by atoms with Crippen LogP contribution in [0.3, 0.4) is 0 Å². The fourth-order valence-electron chi connectivity index (χ4n) is 2.69. The number of Topliss-reactive ketones (excluding diaryl/α,β-unsaturated/α-hetero) is 1. The highest BCUT2D eigenvalue weighted by molar-refractivity contribution is 7.88. The van der Waals surface area contributed by atoms with Crippen molar-refractivity contribution in [2.45, 2.75) is 29.4 Å². The Morgan fingerprint density at radius 3 is 2.27 bits per heavy atom. The molecular weight excluding hydrogens is 316 g/mol. The summed E-state index contributed by atoms with van der Waals surface area (Å²) in [6.45, 7) is 3.78. The maximum atomic E-state index is 12.8. The predicted octanol–water partition coefficient (Wildman–Crippen LogP) is 4.33. The zero-order valence-corrected chi connectivity index (χ0v) is 14.1. The molecule has 3 rings (SSSR count). The van der Waals surface area contributed by atoms with Gasteiger partial charge in [0.2, 0.25) is 0 Å². The number of carbonyl (C=O) groups is 1. The SMILES string of the molecule is Cc1ccc(S(=O)[C@@]2(Cl)C[C@@]2(C)C(=O)c2ccccc2)cc1. The van der Waals surface area contributed by atoms with Gasteiger partial charge in [-0.15, -0.1) is 11.6 Å². The first kappa shape index (κ1) is 15.4. The molecule has 114 valence electrons. The van der Waals surface area contributed by atoms with Crippen LogP contribution in [0.1, 0.15) is 29.3 Å². The normalized spacial score (nSPS) is 28.1. The van der Waals surface area contributed by atoms with E-state index in [2.05, 4.69) is 0 Å². The van der Waals surface area contributed by atoms with Gasteiger partial charge in [-0.1, -0.05) is 48.0 Å². The van der Waals surface area contributed by atoms with Crippen LogP contribution in [0.2, 0.25) is 0 Å². The number of rotatable bonds is 4. The standard InChI is InChI=1S/C18H17ClO2S/c1-13-8-10-15(11-9-13)22(21)18(19)12-17(18,2)16(20)14-6-4-3-5-7-14/h3-11H,12H2,1-2H3/t17-,18-,22?/m0/s1. The van der Waals surface area contributed by atoms with E-state index in [9.17, 15) is 9.00 Å². The van der Waals surface area contributed by atoms with Gasteiger partial charge in [-0.3, -0.25) is 9.00 Å². The molecule has 2 aromatic carbocycles. The van der Waals surface area contributed by atoms with Crippen LogP contribution in [-0.2, 0) is 10.8 Å². The third-order valence-corrected chi connectivity index (χ3v) is 7.20. The summed E-state index contributed by atoms with van der Waals surface area (Å²) in [4.78, 5) is 13.4. The molecule has 0 bridgehead atoms. The van der Waals surface area contributed by atoms with Crippen molar-refractivity contribution in [3.05, 3.63) is 65.7 Å². The number of hydrogen-bond donors (Lipinski definition) is 0. The third kappa shape index (κ3) is 2.33. The summed E-state index contributed by atoms with van der Waals surface area (Å²) >= 11 is 6.60. The molecule has 0 heterocycles. The molecule has 0 amide bonds. The highest BCUT2D eigenvalue weighted by Crippen LogP contribution is 2.65. The molecule has 1 aliphatic rings. The summed E-state index contributed by atoms with van der Waals surface area (Å²) in [5.41, 5.74) is 0.933. The van der Waals surface area contributed by atoms with Crippen molar-refractivity contribution in [2.24, 2.45) is 5.41 Å². The molecule has 0 spiro atoms. The third-order valence-electron chi connectivity index (χ3n) is 4.35. The summed E-state index contributed by atoms with van der Waals surface area (Å²) in [7, 11) is -1.42. The Balaban J connectivity index is 1.88. The van der Waals surface area contributed by atoms with Crippen LogP contribution in [0.5, 0.6) is 0 Å². The lowest BCUT2D eigenvalue weighted by molar-refractivity contribution is 0.0911. The molecule has 1 saturated carbocycles. The minimum Gasteiger partial charge on any atom is -0.293 e. The first-order valence-electron chi connectivity index (χ1n) is 7.16. The predicted molar refractivity (Wildman–Crippen MR) is 89.7 cm³/mol. The van der Waals surface area contributed by atoms with Gasteiger partial charge in [0.25, 0.3) is 0 Å². The van der Waals surface area contributed by atoms with E-state index in [1.807, 2.05) is 49.4 Å². The molecule has 4 heteroatoms. The van der Waals surface area contributed by atoms with Gasteiger partial charge < -0.3 is 0 Å². The van der Waals surface area contributed by atoms with Crippen LogP contribution in [0, 0.1) is 12.3 Å². The monoisotopic (exact) mass is 332 g/mol. The van der Waals surface area contributed by atoms with Crippen LogP contribution in [0.25, 0.3) is 0 Å². The number of benzene rings is 2. The van der Waals surface area contributed by atoms with E-state index in [0.29, 0.717) is 16.9 Å². The fraction of sp³-hybridized carbons (Fsp3) is 0.278. The lowest BCUT2D eigenvalue weighted by Gasteiger charge is -2.16. The van der Waals surface area contributed by atoms with Crippen LogP contribution in [0.4, 0.5) is 0 Å². The molecule has 2 aromatic rings.